The number of nitrogens with two attached hydrogens (primary N) is 1. The molecule has 1 heterocycles. The van der Waals surface area contributed by atoms with Crippen molar-refractivity contribution in [3.8, 4) is 0 Å². The maximum absolute atomic E-state index is 6.28. The van der Waals surface area contributed by atoms with Gasteiger partial charge in [-0.25, -0.2) is 0 Å². The minimum absolute atomic E-state index is 0.0708. The van der Waals surface area contributed by atoms with Crippen LogP contribution < -0.4 is 5.73 Å². The molecule has 0 saturated carbocycles. The van der Waals surface area contributed by atoms with Crippen LogP contribution in [0, 0.1) is 0 Å². The van der Waals surface area contributed by atoms with Gasteiger partial charge in [0.05, 0.1) is 12.9 Å². The molecule has 0 saturated heterocycles. The Bertz CT molecular complexity index is 603. The summed E-state index contributed by atoms with van der Waals surface area (Å²) in [5.74, 6) is 0. The third kappa shape index (κ3) is 2.79. The summed E-state index contributed by atoms with van der Waals surface area (Å²) in [5, 5.41) is 2.56. The lowest BCUT2D eigenvalue weighted by Crippen LogP contribution is -2.27. The molecule has 2 aromatic rings. The molecule has 2 heteroatoms. The van der Waals surface area contributed by atoms with E-state index in [1.165, 1.54) is 21.9 Å². The van der Waals surface area contributed by atoms with Gasteiger partial charge in [0.25, 0.3) is 0 Å². The first kappa shape index (κ1) is 12.2. The van der Waals surface area contributed by atoms with Gasteiger partial charge in [0.1, 0.15) is 0 Å². The van der Waals surface area contributed by atoms with Crippen LogP contribution in [0.4, 0.5) is 0 Å². The van der Waals surface area contributed by atoms with Crippen molar-refractivity contribution < 1.29 is 4.74 Å². The smallest absolute Gasteiger partial charge is 0.0876 e. The number of rotatable bonds is 3. The van der Waals surface area contributed by atoms with Gasteiger partial charge in [-0.2, -0.15) is 0 Å². The zero-order valence-corrected chi connectivity index (χ0v) is 11.0. The lowest BCUT2D eigenvalue weighted by molar-refractivity contribution is 0.221. The molecule has 0 aromatic heterocycles. The fourth-order valence-electron chi connectivity index (χ4n) is 2.61. The maximum Gasteiger partial charge on any atom is 0.0876 e. The van der Waals surface area contributed by atoms with E-state index >= 15 is 0 Å². The molecule has 0 fully saturated rings. The fourth-order valence-corrected chi connectivity index (χ4v) is 2.61. The van der Waals surface area contributed by atoms with E-state index in [-0.39, 0.29) is 6.04 Å². The molecular formula is C17H19NO. The van der Waals surface area contributed by atoms with E-state index in [0.717, 1.165) is 25.9 Å². The molecule has 3 rings (SSSR count). The quantitative estimate of drug-likeness (QED) is 0.909. The summed E-state index contributed by atoms with van der Waals surface area (Å²) in [6.45, 7) is 0.826. The molecule has 0 spiro atoms. The minimum Gasteiger partial charge on any atom is -0.501 e. The van der Waals surface area contributed by atoms with Gasteiger partial charge in [0.15, 0.2) is 0 Å². The first-order chi connectivity index (χ1) is 9.33. The van der Waals surface area contributed by atoms with E-state index in [2.05, 4.69) is 42.5 Å². The van der Waals surface area contributed by atoms with E-state index in [1.54, 1.807) is 0 Å². The van der Waals surface area contributed by atoms with Gasteiger partial charge in [0.2, 0.25) is 0 Å². The zero-order chi connectivity index (χ0) is 13.1. The molecule has 19 heavy (non-hydrogen) atoms. The second kappa shape index (κ2) is 5.45. The molecule has 0 amide bonds. The highest BCUT2D eigenvalue weighted by Gasteiger charge is 2.13. The van der Waals surface area contributed by atoms with Crippen molar-refractivity contribution in [3.05, 3.63) is 59.9 Å². The highest BCUT2D eigenvalue weighted by Crippen LogP contribution is 2.20. The van der Waals surface area contributed by atoms with E-state index < -0.39 is 0 Å². The van der Waals surface area contributed by atoms with Crippen LogP contribution in [-0.4, -0.2) is 12.6 Å². The van der Waals surface area contributed by atoms with Crippen LogP contribution >= 0.6 is 0 Å². The van der Waals surface area contributed by atoms with Gasteiger partial charge in [-0.05, 0) is 41.2 Å². The van der Waals surface area contributed by atoms with Crippen LogP contribution in [0.5, 0.6) is 0 Å². The van der Waals surface area contributed by atoms with Crippen LogP contribution in [0.15, 0.2) is 54.3 Å². The Morgan fingerprint density at radius 3 is 2.74 bits per heavy atom. The van der Waals surface area contributed by atoms with Crippen molar-refractivity contribution in [2.75, 3.05) is 6.61 Å². The molecule has 1 aliphatic rings. The topological polar surface area (TPSA) is 35.2 Å². The van der Waals surface area contributed by atoms with Gasteiger partial charge in [-0.3, -0.25) is 0 Å². The first-order valence-corrected chi connectivity index (χ1v) is 6.87. The summed E-state index contributed by atoms with van der Waals surface area (Å²) in [7, 11) is 0. The lowest BCUT2D eigenvalue weighted by atomic mass is 9.95. The number of fused-ring (bicyclic) bond motifs is 1. The van der Waals surface area contributed by atoms with Crippen molar-refractivity contribution in [2.24, 2.45) is 5.73 Å². The third-order valence-electron chi connectivity index (χ3n) is 3.71. The Labute approximate surface area is 113 Å². The highest BCUT2D eigenvalue weighted by atomic mass is 16.5. The van der Waals surface area contributed by atoms with Crippen molar-refractivity contribution in [1.82, 2.24) is 0 Å². The van der Waals surface area contributed by atoms with E-state index in [1.807, 2.05) is 6.26 Å². The Hall–Kier alpha value is -1.80. The van der Waals surface area contributed by atoms with Crippen molar-refractivity contribution >= 4 is 10.8 Å². The van der Waals surface area contributed by atoms with Crippen molar-refractivity contribution in [2.45, 2.75) is 25.3 Å². The van der Waals surface area contributed by atoms with E-state index in [0.29, 0.717) is 0 Å². The summed E-state index contributed by atoms with van der Waals surface area (Å²) < 4.78 is 5.37. The van der Waals surface area contributed by atoms with Crippen molar-refractivity contribution in [1.29, 1.82) is 0 Å². The van der Waals surface area contributed by atoms with Crippen LogP contribution in [0.2, 0.25) is 0 Å². The van der Waals surface area contributed by atoms with Gasteiger partial charge >= 0.3 is 0 Å². The van der Waals surface area contributed by atoms with Gasteiger partial charge in [0, 0.05) is 6.04 Å². The molecule has 2 aromatic carbocycles. The van der Waals surface area contributed by atoms with E-state index in [4.69, 9.17) is 10.5 Å². The third-order valence-corrected chi connectivity index (χ3v) is 3.71. The van der Waals surface area contributed by atoms with Gasteiger partial charge in [-0.1, -0.05) is 42.5 Å². The van der Waals surface area contributed by atoms with Crippen LogP contribution in [0.25, 0.3) is 10.8 Å². The largest absolute Gasteiger partial charge is 0.501 e. The summed E-state index contributed by atoms with van der Waals surface area (Å²) in [5.41, 5.74) is 8.80. The van der Waals surface area contributed by atoms with Crippen LogP contribution in [0.1, 0.15) is 18.4 Å². The maximum atomic E-state index is 6.28. The Balaban J connectivity index is 1.79. The molecule has 2 N–H and O–H groups in total. The predicted octanol–water partition coefficient (Wildman–Crippen LogP) is 3.40. The normalized spacial score (nSPS) is 16.8. The second-order valence-corrected chi connectivity index (χ2v) is 5.16. The average molecular weight is 253 g/mol. The zero-order valence-electron chi connectivity index (χ0n) is 11.0. The summed E-state index contributed by atoms with van der Waals surface area (Å²) in [6, 6.07) is 15.1. The Kier molecular flexibility index (Phi) is 3.51. The minimum atomic E-state index is 0.0708. The lowest BCUT2D eigenvalue weighted by Gasteiger charge is -2.20. The molecule has 0 aliphatic carbocycles. The molecule has 1 aliphatic heterocycles. The molecule has 1 unspecified atom stereocenters. The van der Waals surface area contributed by atoms with Crippen molar-refractivity contribution in [3.63, 3.8) is 0 Å². The van der Waals surface area contributed by atoms with Crippen LogP contribution in [-0.2, 0) is 11.2 Å². The highest BCUT2D eigenvalue weighted by molar-refractivity contribution is 5.83. The standard InChI is InChI=1S/C17H19NO/c18-17(16-6-3-9-19-12-16)11-13-7-8-14-4-1-2-5-15(14)10-13/h1-2,4-5,7-8,10,12,17H,3,6,9,11,18H2. The summed E-state index contributed by atoms with van der Waals surface area (Å²) in [4.78, 5) is 0. The van der Waals surface area contributed by atoms with Crippen LogP contribution in [0.3, 0.4) is 0 Å². The molecular weight excluding hydrogens is 234 g/mol. The van der Waals surface area contributed by atoms with Gasteiger partial charge in [-0.15, -0.1) is 0 Å². The molecule has 98 valence electrons. The average Bonchev–Trinajstić information content (AvgIpc) is 2.48. The monoisotopic (exact) mass is 253 g/mol. The SMILES string of the molecule is NC(Cc1ccc2ccccc2c1)C1=COCCC1. The number of benzene rings is 2. The Morgan fingerprint density at radius 2 is 1.95 bits per heavy atom. The molecule has 0 bridgehead atoms. The fraction of sp³-hybridized carbons (Fsp3) is 0.294. The molecule has 2 nitrogen and oxygen atoms in total. The number of hydrogen-bond donors (Lipinski definition) is 1. The number of ether oxygens (including phenoxy) is 1. The first-order valence-electron chi connectivity index (χ1n) is 6.87. The molecule has 0 radical (unpaired) electrons. The summed E-state index contributed by atoms with van der Waals surface area (Å²) in [6.07, 6.45) is 4.88. The van der Waals surface area contributed by atoms with Gasteiger partial charge < -0.3 is 10.5 Å². The van der Waals surface area contributed by atoms with E-state index in [9.17, 15) is 0 Å². The predicted molar refractivity (Wildman–Crippen MR) is 78.9 cm³/mol. The summed E-state index contributed by atoms with van der Waals surface area (Å²) >= 11 is 0. The second-order valence-electron chi connectivity index (χ2n) is 5.16. The Morgan fingerprint density at radius 1 is 1.11 bits per heavy atom. The number of hydrogen-bond acceptors (Lipinski definition) is 2. The molecule has 1 atom stereocenters.